The molecular weight excluding hydrogens is 300 g/mol. The van der Waals surface area contributed by atoms with Gasteiger partial charge < -0.3 is 4.42 Å². The lowest BCUT2D eigenvalue weighted by Gasteiger charge is -2.25. The summed E-state index contributed by atoms with van der Waals surface area (Å²) in [6.45, 7) is 13.9. The van der Waals surface area contributed by atoms with Crippen molar-refractivity contribution in [2.45, 2.75) is 46.7 Å². The minimum absolute atomic E-state index is 0.251. The number of hydrogen-bond acceptors (Lipinski definition) is 4. The minimum Gasteiger partial charge on any atom is -0.423 e. The van der Waals surface area contributed by atoms with Gasteiger partial charge in [-0.2, -0.15) is 0 Å². The molecule has 0 atom stereocenters. The summed E-state index contributed by atoms with van der Waals surface area (Å²) >= 11 is 0. The smallest absolute Gasteiger partial charge is 0.336 e. The van der Waals surface area contributed by atoms with Crippen molar-refractivity contribution in [3.63, 3.8) is 0 Å². The van der Waals surface area contributed by atoms with Crippen LogP contribution in [0, 0.1) is 13.8 Å². The third-order valence-electron chi connectivity index (χ3n) is 5.19. The average Bonchev–Trinajstić information content (AvgIpc) is 2.75. The van der Waals surface area contributed by atoms with Crippen LogP contribution in [0.4, 0.5) is 0 Å². The maximum Gasteiger partial charge on any atom is 0.336 e. The highest BCUT2D eigenvalue weighted by Gasteiger charge is 2.18. The highest BCUT2D eigenvalue weighted by atomic mass is 16.4. The van der Waals surface area contributed by atoms with Gasteiger partial charge in [0, 0.05) is 37.1 Å². The van der Waals surface area contributed by atoms with Crippen LogP contribution >= 0.6 is 0 Å². The maximum absolute atomic E-state index is 12.0. The number of benzene rings is 1. The molecule has 130 valence electrons. The molecule has 2 aromatic rings. The molecule has 24 heavy (non-hydrogen) atoms. The van der Waals surface area contributed by atoms with Crippen LogP contribution in [0.5, 0.6) is 0 Å². The summed E-state index contributed by atoms with van der Waals surface area (Å²) in [5.74, 6) is 0. The standard InChI is InChI=1S/C20H28N2O2/c1-14(2)22-7-5-6-21(8-9-22)13-17-12-20(23)24-19-11-16(4)15(3)10-18(17)19/h10-12,14H,5-9,13H2,1-4H3. The molecule has 1 aromatic carbocycles. The zero-order chi connectivity index (χ0) is 17.3. The van der Waals surface area contributed by atoms with Gasteiger partial charge in [-0.15, -0.1) is 0 Å². The Bertz CT molecular complexity index is 779. The van der Waals surface area contributed by atoms with E-state index in [9.17, 15) is 4.79 Å². The number of hydrogen-bond donors (Lipinski definition) is 0. The molecular formula is C20H28N2O2. The van der Waals surface area contributed by atoms with Crippen molar-refractivity contribution in [1.82, 2.24) is 9.80 Å². The van der Waals surface area contributed by atoms with E-state index < -0.39 is 0 Å². The fourth-order valence-corrected chi connectivity index (χ4v) is 3.52. The van der Waals surface area contributed by atoms with Crippen molar-refractivity contribution in [2.75, 3.05) is 26.2 Å². The molecule has 1 aromatic heterocycles. The summed E-state index contributed by atoms with van der Waals surface area (Å²) in [4.78, 5) is 17.0. The SMILES string of the molecule is Cc1cc2oc(=O)cc(CN3CCCN(C(C)C)CC3)c2cc1C. The van der Waals surface area contributed by atoms with Gasteiger partial charge in [0.1, 0.15) is 5.58 Å². The molecule has 3 rings (SSSR count). The summed E-state index contributed by atoms with van der Waals surface area (Å²) < 4.78 is 5.42. The first-order valence-electron chi connectivity index (χ1n) is 8.94. The van der Waals surface area contributed by atoms with Gasteiger partial charge in [-0.3, -0.25) is 9.80 Å². The van der Waals surface area contributed by atoms with E-state index in [1.165, 1.54) is 12.0 Å². The predicted octanol–water partition coefficient (Wildman–Crippen LogP) is 3.33. The summed E-state index contributed by atoms with van der Waals surface area (Å²) in [5, 5.41) is 1.07. The molecule has 0 bridgehead atoms. The number of nitrogens with zero attached hydrogens (tertiary/aromatic N) is 2. The van der Waals surface area contributed by atoms with Crippen molar-refractivity contribution in [3.05, 3.63) is 45.3 Å². The largest absolute Gasteiger partial charge is 0.423 e. The van der Waals surface area contributed by atoms with Gasteiger partial charge in [0.2, 0.25) is 0 Å². The van der Waals surface area contributed by atoms with Gasteiger partial charge in [-0.1, -0.05) is 0 Å². The molecule has 0 aliphatic carbocycles. The van der Waals surface area contributed by atoms with Crippen LogP contribution < -0.4 is 5.63 Å². The summed E-state index contributed by atoms with van der Waals surface area (Å²) in [7, 11) is 0. The Hall–Kier alpha value is -1.65. The first-order chi connectivity index (χ1) is 11.4. The fraction of sp³-hybridized carbons (Fsp3) is 0.550. The Morgan fingerprint density at radius 1 is 1.04 bits per heavy atom. The first kappa shape index (κ1) is 17.2. The Kier molecular flexibility index (Phi) is 5.07. The van der Waals surface area contributed by atoms with Gasteiger partial charge in [0.15, 0.2) is 0 Å². The Labute approximate surface area is 144 Å². The van der Waals surface area contributed by atoms with Crippen LogP contribution in [0.2, 0.25) is 0 Å². The van der Waals surface area contributed by atoms with Crippen molar-refractivity contribution >= 4 is 11.0 Å². The van der Waals surface area contributed by atoms with Gasteiger partial charge in [0.05, 0.1) is 0 Å². The van der Waals surface area contributed by atoms with E-state index in [2.05, 4.69) is 43.6 Å². The third-order valence-corrected chi connectivity index (χ3v) is 5.19. The lowest BCUT2D eigenvalue weighted by molar-refractivity contribution is 0.218. The highest BCUT2D eigenvalue weighted by Crippen LogP contribution is 2.23. The monoisotopic (exact) mass is 328 g/mol. The normalized spacial score (nSPS) is 17.5. The van der Waals surface area contributed by atoms with Gasteiger partial charge in [-0.05, 0) is 76.0 Å². The fourth-order valence-electron chi connectivity index (χ4n) is 3.52. The Balaban J connectivity index is 1.87. The topological polar surface area (TPSA) is 36.7 Å². The van der Waals surface area contributed by atoms with E-state index in [-0.39, 0.29) is 5.63 Å². The molecule has 1 saturated heterocycles. The second-order valence-electron chi connectivity index (χ2n) is 7.28. The number of aryl methyl sites for hydroxylation is 2. The molecule has 4 heteroatoms. The highest BCUT2D eigenvalue weighted by molar-refractivity contribution is 5.81. The molecule has 4 nitrogen and oxygen atoms in total. The van der Waals surface area contributed by atoms with Crippen LogP contribution in [0.3, 0.4) is 0 Å². The van der Waals surface area contributed by atoms with Crippen molar-refractivity contribution in [2.24, 2.45) is 0 Å². The van der Waals surface area contributed by atoms with Gasteiger partial charge >= 0.3 is 5.63 Å². The molecule has 0 radical (unpaired) electrons. The first-order valence-corrected chi connectivity index (χ1v) is 8.94. The second-order valence-corrected chi connectivity index (χ2v) is 7.28. The lowest BCUT2D eigenvalue weighted by Crippen LogP contribution is -2.35. The molecule has 0 saturated carbocycles. The lowest BCUT2D eigenvalue weighted by atomic mass is 10.0. The molecule has 0 spiro atoms. The summed E-state index contributed by atoms with van der Waals surface area (Å²) in [6, 6.07) is 6.40. The molecule has 1 aliphatic heterocycles. The molecule has 1 fully saturated rings. The van der Waals surface area contributed by atoms with Crippen molar-refractivity contribution < 1.29 is 4.42 Å². The summed E-state index contributed by atoms with van der Waals surface area (Å²) in [5.41, 5.74) is 3.94. The average molecular weight is 328 g/mol. The maximum atomic E-state index is 12.0. The molecule has 0 unspecified atom stereocenters. The quantitative estimate of drug-likeness (QED) is 0.810. The van der Waals surface area contributed by atoms with Crippen LogP contribution in [0.25, 0.3) is 11.0 Å². The van der Waals surface area contributed by atoms with Gasteiger partial charge in [-0.25, -0.2) is 4.79 Å². The van der Waals surface area contributed by atoms with Crippen LogP contribution in [0.1, 0.15) is 37.0 Å². The molecule has 1 aliphatic rings. The zero-order valence-electron chi connectivity index (χ0n) is 15.3. The van der Waals surface area contributed by atoms with Crippen LogP contribution in [-0.4, -0.2) is 42.0 Å². The number of fused-ring (bicyclic) bond motifs is 1. The molecule has 2 heterocycles. The summed E-state index contributed by atoms with van der Waals surface area (Å²) in [6.07, 6.45) is 1.18. The van der Waals surface area contributed by atoms with Crippen molar-refractivity contribution in [1.29, 1.82) is 0 Å². The molecule has 0 amide bonds. The second kappa shape index (κ2) is 7.08. The Morgan fingerprint density at radius 3 is 2.54 bits per heavy atom. The van der Waals surface area contributed by atoms with E-state index in [0.717, 1.165) is 49.2 Å². The third kappa shape index (κ3) is 3.70. The minimum atomic E-state index is -0.251. The predicted molar refractivity (Wildman–Crippen MR) is 98.6 cm³/mol. The van der Waals surface area contributed by atoms with Crippen LogP contribution in [0.15, 0.2) is 27.4 Å². The molecule has 0 N–H and O–H groups in total. The zero-order valence-corrected chi connectivity index (χ0v) is 15.3. The van der Waals surface area contributed by atoms with E-state index in [1.54, 1.807) is 6.07 Å². The number of rotatable bonds is 3. The van der Waals surface area contributed by atoms with E-state index in [0.29, 0.717) is 11.6 Å². The van der Waals surface area contributed by atoms with Crippen LogP contribution in [-0.2, 0) is 6.54 Å². The van der Waals surface area contributed by atoms with Crippen molar-refractivity contribution in [3.8, 4) is 0 Å². The van der Waals surface area contributed by atoms with E-state index >= 15 is 0 Å². The van der Waals surface area contributed by atoms with E-state index in [1.807, 2.05) is 6.07 Å². The van der Waals surface area contributed by atoms with Gasteiger partial charge in [0.25, 0.3) is 0 Å². The Morgan fingerprint density at radius 2 is 1.79 bits per heavy atom. The van der Waals surface area contributed by atoms with E-state index in [4.69, 9.17) is 4.42 Å².